The second-order valence-electron chi connectivity index (χ2n) is 6.55. The van der Waals surface area contributed by atoms with Gasteiger partial charge in [-0.2, -0.15) is 5.10 Å². The fourth-order valence-electron chi connectivity index (χ4n) is 2.90. The van der Waals surface area contributed by atoms with E-state index in [-0.39, 0.29) is 5.91 Å². The van der Waals surface area contributed by atoms with Gasteiger partial charge < -0.3 is 5.32 Å². The van der Waals surface area contributed by atoms with E-state index >= 15 is 0 Å². The lowest BCUT2D eigenvalue weighted by atomic mass is 10.1. The lowest BCUT2D eigenvalue weighted by molar-refractivity contribution is -0.113. The Hall–Kier alpha value is -3.12. The third-order valence-corrected chi connectivity index (χ3v) is 5.52. The first-order valence-corrected chi connectivity index (χ1v) is 9.99. The highest BCUT2D eigenvalue weighted by Crippen LogP contribution is 2.22. The highest BCUT2D eigenvalue weighted by Gasteiger charge is 2.09. The highest BCUT2D eigenvalue weighted by atomic mass is 32.2. The predicted octanol–water partition coefficient (Wildman–Crippen LogP) is 4.74. The Balaban J connectivity index is 1.45. The van der Waals surface area contributed by atoms with Crippen molar-refractivity contribution in [1.29, 1.82) is 0 Å². The van der Waals surface area contributed by atoms with Crippen LogP contribution in [0.2, 0.25) is 0 Å². The maximum absolute atomic E-state index is 12.3. The second-order valence-corrected chi connectivity index (χ2v) is 7.55. The van der Waals surface area contributed by atoms with Gasteiger partial charge >= 0.3 is 0 Å². The van der Waals surface area contributed by atoms with Crippen molar-refractivity contribution in [2.45, 2.75) is 18.9 Å². The van der Waals surface area contributed by atoms with E-state index in [0.29, 0.717) is 5.75 Å². The van der Waals surface area contributed by atoms with Gasteiger partial charge in [0.15, 0.2) is 5.65 Å². The molecule has 4 aromatic rings. The fourth-order valence-corrected chi connectivity index (χ4v) is 3.56. The molecule has 0 aliphatic carbocycles. The third-order valence-electron chi connectivity index (χ3n) is 4.59. The summed E-state index contributed by atoms with van der Waals surface area (Å²) in [6, 6.07) is 19.7. The molecule has 1 N–H and O–H groups in total. The molecular formula is C22H20N4OS. The maximum atomic E-state index is 12.3. The Labute approximate surface area is 167 Å². The molecule has 0 saturated carbocycles. The molecule has 4 rings (SSSR count). The highest BCUT2D eigenvalue weighted by molar-refractivity contribution is 7.99. The van der Waals surface area contributed by atoms with Crippen LogP contribution in [-0.4, -0.2) is 26.3 Å². The first-order valence-electron chi connectivity index (χ1n) is 9.01. The van der Waals surface area contributed by atoms with Crippen LogP contribution in [0.1, 0.15) is 11.1 Å². The number of nitrogens with zero attached hydrogens (tertiary/aromatic N) is 3. The van der Waals surface area contributed by atoms with Crippen LogP contribution in [0, 0.1) is 13.8 Å². The Morgan fingerprint density at radius 1 is 1.04 bits per heavy atom. The molecule has 0 aliphatic heterocycles. The molecule has 0 spiro atoms. The number of hydrogen-bond donors (Lipinski definition) is 1. The summed E-state index contributed by atoms with van der Waals surface area (Å²) >= 11 is 1.41. The van der Waals surface area contributed by atoms with Gasteiger partial charge in [-0.3, -0.25) is 4.79 Å². The van der Waals surface area contributed by atoms with Crippen LogP contribution < -0.4 is 5.32 Å². The minimum absolute atomic E-state index is 0.0452. The van der Waals surface area contributed by atoms with E-state index in [0.717, 1.165) is 38.7 Å². The molecular weight excluding hydrogens is 368 g/mol. The Kier molecular flexibility index (Phi) is 5.12. The normalized spacial score (nSPS) is 10.9. The van der Waals surface area contributed by atoms with Gasteiger partial charge in [0.05, 0.1) is 17.6 Å². The summed E-state index contributed by atoms with van der Waals surface area (Å²) in [5.74, 6) is 0.253. The molecule has 140 valence electrons. The number of aromatic nitrogens is 3. The van der Waals surface area contributed by atoms with E-state index in [1.807, 2.05) is 80.7 Å². The van der Waals surface area contributed by atoms with Crippen molar-refractivity contribution in [2.75, 3.05) is 11.1 Å². The molecule has 1 amide bonds. The fraction of sp³-hybridized carbons (Fsp3) is 0.136. The molecule has 2 aromatic carbocycles. The van der Waals surface area contributed by atoms with Crippen molar-refractivity contribution in [2.24, 2.45) is 0 Å². The van der Waals surface area contributed by atoms with E-state index < -0.39 is 0 Å². The van der Waals surface area contributed by atoms with Crippen LogP contribution >= 0.6 is 11.8 Å². The number of carbonyl (C=O) groups excluding carboxylic acids is 1. The van der Waals surface area contributed by atoms with Crippen LogP contribution in [0.3, 0.4) is 0 Å². The van der Waals surface area contributed by atoms with E-state index in [1.54, 1.807) is 4.52 Å². The standard InChI is InChI=1S/C22H20N4OS/c1-15-7-6-10-18(16(15)2)24-21(27)14-28-22-12-11-20-23-19(13-26(20)25-22)17-8-4-3-5-9-17/h3-13H,14H2,1-2H3,(H,24,27). The predicted molar refractivity (Wildman–Crippen MR) is 114 cm³/mol. The Bertz CT molecular complexity index is 1140. The SMILES string of the molecule is Cc1cccc(NC(=O)CSc2ccc3nc(-c4ccccc4)cn3n2)c1C. The topological polar surface area (TPSA) is 59.3 Å². The summed E-state index contributed by atoms with van der Waals surface area (Å²) in [4.78, 5) is 16.9. The van der Waals surface area contributed by atoms with Crippen molar-refractivity contribution < 1.29 is 4.79 Å². The van der Waals surface area contributed by atoms with Gasteiger partial charge in [-0.15, -0.1) is 0 Å². The van der Waals surface area contributed by atoms with Gasteiger partial charge in [-0.25, -0.2) is 9.50 Å². The summed E-state index contributed by atoms with van der Waals surface area (Å²) < 4.78 is 1.76. The quantitative estimate of drug-likeness (QED) is 0.502. The number of imidazole rings is 1. The second kappa shape index (κ2) is 7.86. The summed E-state index contributed by atoms with van der Waals surface area (Å²) in [7, 11) is 0. The molecule has 6 heteroatoms. The van der Waals surface area contributed by atoms with Gasteiger partial charge in [0.25, 0.3) is 0 Å². The van der Waals surface area contributed by atoms with E-state index in [4.69, 9.17) is 0 Å². The van der Waals surface area contributed by atoms with Crippen molar-refractivity contribution in [3.63, 3.8) is 0 Å². The molecule has 0 bridgehead atoms. The van der Waals surface area contributed by atoms with Crippen LogP contribution in [0.15, 0.2) is 71.9 Å². The molecule has 0 aliphatic rings. The minimum atomic E-state index is -0.0452. The van der Waals surface area contributed by atoms with Crippen LogP contribution in [-0.2, 0) is 4.79 Å². The zero-order chi connectivity index (χ0) is 19.5. The average molecular weight is 388 g/mol. The van der Waals surface area contributed by atoms with Crippen LogP contribution in [0.25, 0.3) is 16.9 Å². The minimum Gasteiger partial charge on any atom is -0.325 e. The van der Waals surface area contributed by atoms with Gasteiger partial charge in [0.2, 0.25) is 5.91 Å². The lowest BCUT2D eigenvalue weighted by Gasteiger charge is -2.10. The molecule has 5 nitrogen and oxygen atoms in total. The summed E-state index contributed by atoms with van der Waals surface area (Å²) in [5.41, 5.74) is 5.82. The number of amides is 1. The number of benzene rings is 2. The molecule has 2 heterocycles. The third kappa shape index (κ3) is 3.92. The number of aryl methyl sites for hydroxylation is 1. The zero-order valence-corrected chi connectivity index (χ0v) is 16.5. The van der Waals surface area contributed by atoms with Crippen LogP contribution in [0.5, 0.6) is 0 Å². The van der Waals surface area contributed by atoms with Gasteiger partial charge in [0, 0.05) is 11.3 Å². The lowest BCUT2D eigenvalue weighted by Crippen LogP contribution is -2.15. The van der Waals surface area contributed by atoms with Crippen molar-refractivity contribution in [3.05, 3.63) is 78.0 Å². The van der Waals surface area contributed by atoms with E-state index in [2.05, 4.69) is 15.4 Å². The summed E-state index contributed by atoms with van der Waals surface area (Å²) in [5, 5.41) is 8.32. The number of fused-ring (bicyclic) bond motifs is 1. The van der Waals surface area contributed by atoms with Gasteiger partial charge in [-0.05, 0) is 43.2 Å². The monoisotopic (exact) mass is 388 g/mol. The number of nitrogens with one attached hydrogen (secondary N) is 1. The molecule has 0 radical (unpaired) electrons. The van der Waals surface area contributed by atoms with E-state index in [9.17, 15) is 4.79 Å². The molecule has 0 unspecified atom stereocenters. The number of carbonyl (C=O) groups is 1. The summed E-state index contributed by atoms with van der Waals surface area (Å²) in [6.45, 7) is 4.05. The van der Waals surface area contributed by atoms with Crippen LogP contribution in [0.4, 0.5) is 5.69 Å². The smallest absolute Gasteiger partial charge is 0.234 e. The Morgan fingerprint density at radius 2 is 1.86 bits per heavy atom. The van der Waals surface area contributed by atoms with Crippen molar-refractivity contribution in [3.8, 4) is 11.3 Å². The Morgan fingerprint density at radius 3 is 2.68 bits per heavy atom. The number of anilines is 1. The molecule has 0 saturated heterocycles. The first-order chi connectivity index (χ1) is 13.6. The van der Waals surface area contributed by atoms with Gasteiger partial charge in [-0.1, -0.05) is 54.2 Å². The number of rotatable bonds is 5. The average Bonchev–Trinajstić information content (AvgIpc) is 3.14. The molecule has 0 atom stereocenters. The molecule has 0 fully saturated rings. The van der Waals surface area contributed by atoms with Crippen molar-refractivity contribution in [1.82, 2.24) is 14.6 Å². The van der Waals surface area contributed by atoms with Gasteiger partial charge in [0.1, 0.15) is 5.03 Å². The number of thioether (sulfide) groups is 1. The maximum Gasteiger partial charge on any atom is 0.234 e. The first kappa shape index (κ1) is 18.3. The summed E-state index contributed by atoms with van der Waals surface area (Å²) in [6.07, 6.45) is 1.91. The molecule has 28 heavy (non-hydrogen) atoms. The molecule has 2 aromatic heterocycles. The number of hydrogen-bond acceptors (Lipinski definition) is 4. The van der Waals surface area contributed by atoms with E-state index in [1.165, 1.54) is 11.8 Å². The largest absolute Gasteiger partial charge is 0.325 e. The zero-order valence-electron chi connectivity index (χ0n) is 15.7. The van der Waals surface area contributed by atoms with Crippen molar-refractivity contribution >= 4 is 29.0 Å².